The minimum atomic E-state index is 0.180. The number of benzene rings is 1. The SMILES string of the molecule is CCc1ccc(C2CNCCN2C(=O)CSC)cc1. The summed E-state index contributed by atoms with van der Waals surface area (Å²) in [6.45, 7) is 4.71. The van der Waals surface area contributed by atoms with Crippen LogP contribution in [0.15, 0.2) is 24.3 Å². The number of piperazine rings is 1. The van der Waals surface area contributed by atoms with Crippen molar-refractivity contribution in [1.82, 2.24) is 10.2 Å². The molecule has 19 heavy (non-hydrogen) atoms. The fraction of sp³-hybridized carbons (Fsp3) is 0.533. The van der Waals surface area contributed by atoms with Crippen LogP contribution in [0, 0.1) is 0 Å². The van der Waals surface area contributed by atoms with Gasteiger partial charge in [-0.2, -0.15) is 11.8 Å². The number of rotatable bonds is 4. The van der Waals surface area contributed by atoms with Crippen molar-refractivity contribution >= 4 is 17.7 Å². The molecule has 2 rings (SSSR count). The Morgan fingerprint density at radius 1 is 1.42 bits per heavy atom. The quantitative estimate of drug-likeness (QED) is 0.915. The molecule has 0 saturated carbocycles. The number of hydrogen-bond acceptors (Lipinski definition) is 3. The zero-order valence-electron chi connectivity index (χ0n) is 11.7. The van der Waals surface area contributed by atoms with E-state index in [-0.39, 0.29) is 11.9 Å². The monoisotopic (exact) mass is 278 g/mol. The number of carbonyl (C=O) groups excluding carboxylic acids is 1. The smallest absolute Gasteiger partial charge is 0.233 e. The number of nitrogens with one attached hydrogen (secondary N) is 1. The second-order valence-corrected chi connectivity index (χ2v) is 5.70. The van der Waals surface area contributed by atoms with Crippen LogP contribution >= 0.6 is 11.8 Å². The Hall–Kier alpha value is -1.00. The summed E-state index contributed by atoms with van der Waals surface area (Å²) in [6.07, 6.45) is 3.03. The molecule has 1 aliphatic heterocycles. The maximum absolute atomic E-state index is 12.2. The molecule has 1 unspecified atom stereocenters. The molecule has 0 radical (unpaired) electrons. The van der Waals surface area contributed by atoms with E-state index in [1.807, 2.05) is 11.2 Å². The highest BCUT2D eigenvalue weighted by atomic mass is 32.2. The zero-order valence-corrected chi connectivity index (χ0v) is 12.5. The van der Waals surface area contributed by atoms with Crippen LogP contribution in [0.25, 0.3) is 0 Å². The van der Waals surface area contributed by atoms with Crippen LogP contribution in [-0.2, 0) is 11.2 Å². The van der Waals surface area contributed by atoms with Gasteiger partial charge >= 0.3 is 0 Å². The minimum Gasteiger partial charge on any atom is -0.332 e. The molecule has 1 atom stereocenters. The first kappa shape index (κ1) is 14.4. The highest BCUT2D eigenvalue weighted by Gasteiger charge is 2.27. The molecule has 0 bridgehead atoms. The van der Waals surface area contributed by atoms with Gasteiger partial charge in [-0.15, -0.1) is 0 Å². The van der Waals surface area contributed by atoms with Gasteiger partial charge in [-0.25, -0.2) is 0 Å². The van der Waals surface area contributed by atoms with Crippen molar-refractivity contribution in [3.63, 3.8) is 0 Å². The standard InChI is InChI=1S/C15H22N2OS/c1-3-12-4-6-13(7-5-12)14-10-16-8-9-17(14)15(18)11-19-2/h4-7,14,16H,3,8-11H2,1-2H3. The van der Waals surface area contributed by atoms with Gasteiger partial charge < -0.3 is 10.2 Å². The minimum absolute atomic E-state index is 0.180. The summed E-state index contributed by atoms with van der Waals surface area (Å²) in [6, 6.07) is 8.84. The highest BCUT2D eigenvalue weighted by molar-refractivity contribution is 7.99. The predicted molar refractivity (Wildman–Crippen MR) is 81.5 cm³/mol. The molecular weight excluding hydrogens is 256 g/mol. The number of amides is 1. The zero-order chi connectivity index (χ0) is 13.7. The molecule has 1 fully saturated rings. The van der Waals surface area contributed by atoms with Gasteiger partial charge in [0.05, 0.1) is 11.8 Å². The average molecular weight is 278 g/mol. The van der Waals surface area contributed by atoms with Crippen LogP contribution in [0.2, 0.25) is 0 Å². The Kier molecular flexibility index (Phi) is 5.28. The summed E-state index contributed by atoms with van der Waals surface area (Å²) < 4.78 is 0. The summed E-state index contributed by atoms with van der Waals surface area (Å²) in [4.78, 5) is 14.2. The van der Waals surface area contributed by atoms with Crippen LogP contribution in [-0.4, -0.2) is 42.4 Å². The van der Waals surface area contributed by atoms with E-state index in [4.69, 9.17) is 0 Å². The van der Waals surface area contributed by atoms with Gasteiger partial charge in [0.25, 0.3) is 0 Å². The second-order valence-electron chi connectivity index (χ2n) is 4.84. The van der Waals surface area contributed by atoms with Gasteiger partial charge in [0.1, 0.15) is 0 Å². The van der Waals surface area contributed by atoms with Crippen LogP contribution in [0.1, 0.15) is 24.1 Å². The van der Waals surface area contributed by atoms with Crippen molar-refractivity contribution in [2.75, 3.05) is 31.6 Å². The molecule has 1 heterocycles. The Balaban J connectivity index is 2.15. The second kappa shape index (κ2) is 6.96. The maximum Gasteiger partial charge on any atom is 0.233 e. The predicted octanol–water partition coefficient (Wildman–Crippen LogP) is 2.08. The van der Waals surface area contributed by atoms with E-state index >= 15 is 0 Å². The molecule has 1 aromatic rings. The summed E-state index contributed by atoms with van der Waals surface area (Å²) >= 11 is 1.60. The van der Waals surface area contributed by atoms with E-state index in [9.17, 15) is 4.79 Å². The normalized spacial score (nSPS) is 19.5. The van der Waals surface area contributed by atoms with E-state index in [0.29, 0.717) is 5.75 Å². The molecule has 1 amide bonds. The number of hydrogen-bond donors (Lipinski definition) is 1. The molecule has 1 N–H and O–H groups in total. The van der Waals surface area contributed by atoms with E-state index in [2.05, 4.69) is 36.5 Å². The number of aryl methyl sites for hydroxylation is 1. The number of thioether (sulfide) groups is 1. The first-order chi connectivity index (χ1) is 9.26. The molecule has 104 valence electrons. The summed E-state index contributed by atoms with van der Waals surface area (Å²) in [5.41, 5.74) is 2.58. The van der Waals surface area contributed by atoms with Crippen molar-refractivity contribution in [1.29, 1.82) is 0 Å². The fourth-order valence-corrected chi connectivity index (χ4v) is 2.90. The molecule has 0 aliphatic carbocycles. The largest absolute Gasteiger partial charge is 0.332 e. The molecule has 1 saturated heterocycles. The summed E-state index contributed by atoms with van der Waals surface area (Å²) in [5, 5.41) is 3.39. The molecule has 1 aromatic carbocycles. The van der Waals surface area contributed by atoms with Crippen LogP contribution < -0.4 is 5.32 Å². The molecular formula is C15H22N2OS. The molecule has 0 aromatic heterocycles. The summed E-state index contributed by atoms with van der Waals surface area (Å²) in [7, 11) is 0. The highest BCUT2D eigenvalue weighted by Crippen LogP contribution is 2.23. The lowest BCUT2D eigenvalue weighted by atomic mass is 10.0. The Labute approximate surface area is 119 Å². The topological polar surface area (TPSA) is 32.3 Å². The van der Waals surface area contributed by atoms with Crippen molar-refractivity contribution in [2.45, 2.75) is 19.4 Å². The Bertz CT molecular complexity index is 419. The third-order valence-electron chi connectivity index (χ3n) is 3.60. The van der Waals surface area contributed by atoms with Gasteiger partial charge in [-0.05, 0) is 23.8 Å². The van der Waals surface area contributed by atoms with Gasteiger partial charge in [-0.1, -0.05) is 31.2 Å². The first-order valence-electron chi connectivity index (χ1n) is 6.84. The number of carbonyl (C=O) groups is 1. The van der Waals surface area contributed by atoms with Gasteiger partial charge in [0.15, 0.2) is 0 Å². The van der Waals surface area contributed by atoms with Crippen molar-refractivity contribution in [2.24, 2.45) is 0 Å². The molecule has 3 nitrogen and oxygen atoms in total. The lowest BCUT2D eigenvalue weighted by Gasteiger charge is -2.36. The average Bonchev–Trinajstić information content (AvgIpc) is 2.47. The van der Waals surface area contributed by atoms with Crippen LogP contribution in [0.5, 0.6) is 0 Å². The Morgan fingerprint density at radius 2 is 2.16 bits per heavy atom. The first-order valence-corrected chi connectivity index (χ1v) is 8.23. The maximum atomic E-state index is 12.2. The fourth-order valence-electron chi connectivity index (χ4n) is 2.48. The van der Waals surface area contributed by atoms with Crippen molar-refractivity contribution in [3.05, 3.63) is 35.4 Å². The van der Waals surface area contributed by atoms with E-state index in [1.54, 1.807) is 11.8 Å². The van der Waals surface area contributed by atoms with Crippen molar-refractivity contribution < 1.29 is 4.79 Å². The van der Waals surface area contributed by atoms with Gasteiger partial charge in [0, 0.05) is 19.6 Å². The van der Waals surface area contributed by atoms with Gasteiger partial charge in [-0.3, -0.25) is 4.79 Å². The molecule has 0 spiro atoms. The van der Waals surface area contributed by atoms with Crippen molar-refractivity contribution in [3.8, 4) is 0 Å². The molecule has 4 heteroatoms. The lowest BCUT2D eigenvalue weighted by Crippen LogP contribution is -2.49. The van der Waals surface area contributed by atoms with Crippen LogP contribution in [0.4, 0.5) is 0 Å². The lowest BCUT2D eigenvalue weighted by molar-refractivity contribution is -0.131. The number of nitrogens with zero attached hydrogens (tertiary/aromatic N) is 1. The summed E-state index contributed by atoms with van der Waals surface area (Å²) in [5.74, 6) is 0.822. The van der Waals surface area contributed by atoms with E-state index < -0.39 is 0 Å². The van der Waals surface area contributed by atoms with E-state index in [0.717, 1.165) is 26.1 Å². The Morgan fingerprint density at radius 3 is 2.79 bits per heavy atom. The third kappa shape index (κ3) is 3.51. The molecule has 1 aliphatic rings. The third-order valence-corrected chi connectivity index (χ3v) is 4.14. The van der Waals surface area contributed by atoms with Gasteiger partial charge in [0.2, 0.25) is 5.91 Å². The van der Waals surface area contributed by atoms with Crippen LogP contribution in [0.3, 0.4) is 0 Å². The van der Waals surface area contributed by atoms with E-state index in [1.165, 1.54) is 11.1 Å².